The van der Waals surface area contributed by atoms with E-state index in [-0.39, 0.29) is 6.61 Å². The summed E-state index contributed by atoms with van der Waals surface area (Å²) in [6.07, 6.45) is 0. The molecule has 17 heavy (non-hydrogen) atoms. The Bertz CT molecular complexity index is 550. The number of hydrogen-bond acceptors (Lipinski definition) is 6. The highest BCUT2D eigenvalue weighted by Crippen LogP contribution is 2.28. The average molecular weight is 282 g/mol. The van der Waals surface area contributed by atoms with E-state index in [1.54, 1.807) is 34.4 Å². The van der Waals surface area contributed by atoms with Crippen molar-refractivity contribution in [2.75, 3.05) is 6.61 Å². The third-order valence-electron chi connectivity index (χ3n) is 1.80. The minimum Gasteiger partial charge on any atom is -0.384 e. The maximum atomic E-state index is 8.60. The molecule has 1 N–H and O–H groups in total. The first kappa shape index (κ1) is 12.6. The van der Waals surface area contributed by atoms with Gasteiger partial charge in [-0.25, -0.2) is 0 Å². The van der Waals surface area contributed by atoms with Crippen LogP contribution in [0.25, 0.3) is 0 Å². The molecule has 0 aliphatic carbocycles. The molecule has 0 saturated carbocycles. The van der Waals surface area contributed by atoms with Crippen molar-refractivity contribution in [2.24, 2.45) is 0 Å². The van der Waals surface area contributed by atoms with Gasteiger partial charge in [0, 0.05) is 10.6 Å². The monoisotopic (exact) mass is 282 g/mol. The first-order valence-corrected chi connectivity index (χ1v) is 7.51. The topological polar surface area (TPSA) is 46.0 Å². The van der Waals surface area contributed by atoms with Gasteiger partial charge in [-0.05, 0) is 19.1 Å². The van der Waals surface area contributed by atoms with Gasteiger partial charge < -0.3 is 5.11 Å². The van der Waals surface area contributed by atoms with E-state index in [1.165, 1.54) is 4.88 Å². The van der Waals surface area contributed by atoms with E-state index in [0.717, 1.165) is 20.0 Å². The molecule has 88 valence electrons. The Kier molecular flexibility index (Phi) is 4.57. The molecule has 0 atom stereocenters. The second kappa shape index (κ2) is 6.17. The Labute approximate surface area is 112 Å². The molecule has 0 radical (unpaired) electrons. The fourth-order valence-corrected chi connectivity index (χ4v) is 3.86. The zero-order valence-electron chi connectivity index (χ0n) is 9.14. The fraction of sp³-hybridized carbons (Fsp3) is 0.273. The maximum absolute atomic E-state index is 8.60. The summed E-state index contributed by atoms with van der Waals surface area (Å²) < 4.78 is 0.999. The van der Waals surface area contributed by atoms with Crippen LogP contribution in [0.1, 0.15) is 14.8 Å². The first-order valence-electron chi connectivity index (χ1n) is 4.89. The minimum absolute atomic E-state index is 0.0912. The molecule has 2 rings (SSSR count). The van der Waals surface area contributed by atoms with E-state index in [9.17, 15) is 0 Å². The third-order valence-corrected chi connectivity index (χ3v) is 5.00. The summed E-state index contributed by atoms with van der Waals surface area (Å²) in [4.78, 5) is 2.24. The number of thiophene rings is 1. The lowest BCUT2D eigenvalue weighted by Crippen LogP contribution is -1.74. The zero-order valence-corrected chi connectivity index (χ0v) is 11.6. The molecule has 0 fully saturated rings. The molecule has 0 bridgehead atoms. The van der Waals surface area contributed by atoms with E-state index in [1.807, 2.05) is 13.0 Å². The number of hydrogen-bond donors (Lipinski definition) is 1. The third kappa shape index (κ3) is 3.82. The lowest BCUT2D eigenvalue weighted by atomic mass is 10.4. The fourth-order valence-electron chi connectivity index (χ4n) is 1.12. The highest BCUT2D eigenvalue weighted by molar-refractivity contribution is 8.00. The molecule has 0 saturated heterocycles. The van der Waals surface area contributed by atoms with Gasteiger partial charge in [-0.1, -0.05) is 34.9 Å². The van der Waals surface area contributed by atoms with Gasteiger partial charge in [0.15, 0.2) is 4.34 Å². The zero-order chi connectivity index (χ0) is 12.1. The van der Waals surface area contributed by atoms with Crippen LogP contribution in [0.4, 0.5) is 0 Å². The van der Waals surface area contributed by atoms with Crippen LogP contribution in [0.3, 0.4) is 0 Å². The smallest absolute Gasteiger partial charge is 0.174 e. The van der Waals surface area contributed by atoms with Gasteiger partial charge in [0.05, 0.1) is 4.88 Å². The molecule has 0 aliphatic rings. The van der Waals surface area contributed by atoms with Gasteiger partial charge in [0.2, 0.25) is 0 Å². The van der Waals surface area contributed by atoms with Crippen LogP contribution in [0.15, 0.2) is 16.5 Å². The largest absolute Gasteiger partial charge is 0.384 e. The van der Waals surface area contributed by atoms with Crippen LogP contribution in [0, 0.1) is 18.8 Å². The lowest BCUT2D eigenvalue weighted by Gasteiger charge is -1.91. The second-order valence-electron chi connectivity index (χ2n) is 3.10. The Morgan fingerprint density at radius 3 is 2.94 bits per heavy atom. The Morgan fingerprint density at radius 2 is 2.24 bits per heavy atom. The average Bonchev–Trinajstić information content (AvgIpc) is 2.93. The summed E-state index contributed by atoms with van der Waals surface area (Å²) in [5.41, 5.74) is 0. The van der Waals surface area contributed by atoms with Crippen molar-refractivity contribution in [2.45, 2.75) is 17.0 Å². The molecule has 0 aliphatic heterocycles. The molecular formula is C11H10N2OS3. The maximum Gasteiger partial charge on any atom is 0.174 e. The van der Waals surface area contributed by atoms with Gasteiger partial charge in [-0.15, -0.1) is 21.5 Å². The summed E-state index contributed by atoms with van der Waals surface area (Å²) in [5, 5.41) is 17.6. The van der Waals surface area contributed by atoms with E-state index < -0.39 is 0 Å². The second-order valence-corrected chi connectivity index (χ2v) is 6.67. The molecule has 0 unspecified atom stereocenters. The van der Waals surface area contributed by atoms with Crippen molar-refractivity contribution in [3.05, 3.63) is 26.9 Å². The highest BCUT2D eigenvalue weighted by Gasteiger charge is 2.03. The summed E-state index contributed by atoms with van der Waals surface area (Å²) in [6.45, 7) is 1.86. The number of aromatic nitrogens is 2. The predicted molar refractivity (Wildman–Crippen MR) is 72.5 cm³/mol. The number of thioether (sulfide) groups is 1. The van der Waals surface area contributed by atoms with Crippen molar-refractivity contribution in [3.63, 3.8) is 0 Å². The van der Waals surface area contributed by atoms with Gasteiger partial charge in [-0.2, -0.15) is 0 Å². The summed E-state index contributed by atoms with van der Waals surface area (Å²) in [7, 11) is 0. The minimum atomic E-state index is -0.0912. The summed E-state index contributed by atoms with van der Waals surface area (Å²) in [6, 6.07) is 4.04. The SMILES string of the molecule is Cc1nnc(SCc2ccc(C#CCO)s2)s1. The van der Waals surface area contributed by atoms with E-state index >= 15 is 0 Å². The normalized spacial score (nSPS) is 10.0. The van der Waals surface area contributed by atoms with Crippen LogP contribution >= 0.6 is 34.4 Å². The number of aliphatic hydroxyl groups is 1. The van der Waals surface area contributed by atoms with E-state index in [0.29, 0.717) is 0 Å². The van der Waals surface area contributed by atoms with Crippen molar-refractivity contribution in [3.8, 4) is 11.8 Å². The quantitative estimate of drug-likeness (QED) is 0.694. The Morgan fingerprint density at radius 1 is 1.35 bits per heavy atom. The van der Waals surface area contributed by atoms with E-state index in [4.69, 9.17) is 5.11 Å². The van der Waals surface area contributed by atoms with Crippen LogP contribution < -0.4 is 0 Å². The van der Waals surface area contributed by atoms with Crippen LogP contribution in [-0.2, 0) is 5.75 Å². The van der Waals surface area contributed by atoms with Crippen LogP contribution in [-0.4, -0.2) is 21.9 Å². The molecule has 0 amide bonds. The van der Waals surface area contributed by atoms with Gasteiger partial charge in [0.25, 0.3) is 0 Å². The molecule has 2 aromatic heterocycles. The van der Waals surface area contributed by atoms with Gasteiger partial charge >= 0.3 is 0 Å². The van der Waals surface area contributed by atoms with Crippen molar-refractivity contribution in [1.29, 1.82) is 0 Å². The van der Waals surface area contributed by atoms with Crippen molar-refractivity contribution in [1.82, 2.24) is 10.2 Å². The lowest BCUT2D eigenvalue weighted by molar-refractivity contribution is 0.350. The molecular weight excluding hydrogens is 272 g/mol. The summed E-state index contributed by atoms with van der Waals surface area (Å²) >= 11 is 4.95. The van der Waals surface area contributed by atoms with Crippen LogP contribution in [0.5, 0.6) is 0 Å². The molecule has 2 heterocycles. The Hall–Kier alpha value is -0.870. The standard InChI is InChI=1S/C11H10N2OS3/c1-8-12-13-11(16-8)15-7-10-5-4-9(17-10)3-2-6-14/h4-5,14H,6-7H2,1H3. The predicted octanol–water partition coefficient (Wildman–Crippen LogP) is 2.54. The number of nitrogens with zero attached hydrogens (tertiary/aromatic N) is 2. The van der Waals surface area contributed by atoms with E-state index in [2.05, 4.69) is 28.1 Å². The Balaban J connectivity index is 1.93. The van der Waals surface area contributed by atoms with Gasteiger partial charge in [0.1, 0.15) is 11.6 Å². The molecule has 3 nitrogen and oxygen atoms in total. The molecule has 6 heteroatoms. The van der Waals surface area contributed by atoms with Gasteiger partial charge in [-0.3, -0.25) is 0 Å². The number of aryl methyl sites for hydroxylation is 1. The molecule has 0 spiro atoms. The number of rotatable bonds is 3. The van der Waals surface area contributed by atoms with Crippen molar-refractivity contribution < 1.29 is 5.11 Å². The molecule has 0 aromatic carbocycles. The molecule has 2 aromatic rings. The highest BCUT2D eigenvalue weighted by atomic mass is 32.2. The van der Waals surface area contributed by atoms with Crippen molar-refractivity contribution >= 4 is 34.4 Å². The van der Waals surface area contributed by atoms with Crippen LogP contribution in [0.2, 0.25) is 0 Å². The summed E-state index contributed by atoms with van der Waals surface area (Å²) in [5.74, 6) is 6.43. The number of aliphatic hydroxyl groups excluding tert-OH is 1. The first-order chi connectivity index (χ1) is 8.28.